The predicted molar refractivity (Wildman–Crippen MR) is 100 cm³/mol. The number of halogens is 1. The SMILES string of the molecule is CCC/C=C(/CCNC(=O)C(C)CCCC)c1ccc(F)cc1C. The molecule has 0 aliphatic rings. The van der Waals surface area contributed by atoms with Crippen molar-refractivity contribution in [2.75, 3.05) is 6.54 Å². The molecule has 0 radical (unpaired) electrons. The third kappa shape index (κ3) is 6.86. The lowest BCUT2D eigenvalue weighted by atomic mass is 9.96. The molecule has 0 aliphatic heterocycles. The number of rotatable bonds is 10. The average Bonchev–Trinajstić information content (AvgIpc) is 2.56. The quantitative estimate of drug-likeness (QED) is 0.589. The Hall–Kier alpha value is -1.64. The van der Waals surface area contributed by atoms with Crippen LogP contribution in [0.2, 0.25) is 0 Å². The van der Waals surface area contributed by atoms with Gasteiger partial charge in [0.05, 0.1) is 0 Å². The molecule has 1 aromatic carbocycles. The second-order valence-electron chi connectivity index (χ2n) is 6.56. The van der Waals surface area contributed by atoms with Gasteiger partial charge in [-0.25, -0.2) is 4.39 Å². The maximum Gasteiger partial charge on any atom is 0.222 e. The van der Waals surface area contributed by atoms with E-state index in [1.807, 2.05) is 19.9 Å². The minimum atomic E-state index is -0.204. The molecule has 1 atom stereocenters. The van der Waals surface area contributed by atoms with Gasteiger partial charge < -0.3 is 5.32 Å². The molecule has 0 saturated carbocycles. The van der Waals surface area contributed by atoms with E-state index in [2.05, 4.69) is 25.2 Å². The summed E-state index contributed by atoms with van der Waals surface area (Å²) in [5.74, 6) is -0.00107. The Labute approximate surface area is 146 Å². The molecule has 24 heavy (non-hydrogen) atoms. The number of carbonyl (C=O) groups excluding carboxylic acids is 1. The van der Waals surface area contributed by atoms with Crippen LogP contribution in [0.25, 0.3) is 5.57 Å². The second-order valence-corrected chi connectivity index (χ2v) is 6.56. The molecule has 1 N–H and O–H groups in total. The third-order valence-electron chi connectivity index (χ3n) is 4.35. The number of hydrogen-bond acceptors (Lipinski definition) is 1. The van der Waals surface area contributed by atoms with Crippen LogP contribution in [0.15, 0.2) is 24.3 Å². The Balaban J connectivity index is 2.66. The van der Waals surface area contributed by atoms with Crippen molar-refractivity contribution in [3.63, 3.8) is 0 Å². The fraction of sp³-hybridized carbons (Fsp3) is 0.571. The van der Waals surface area contributed by atoms with E-state index in [1.54, 1.807) is 6.07 Å². The van der Waals surface area contributed by atoms with Crippen LogP contribution in [-0.4, -0.2) is 12.5 Å². The van der Waals surface area contributed by atoms with Gasteiger partial charge in [-0.3, -0.25) is 4.79 Å². The summed E-state index contributed by atoms with van der Waals surface area (Å²) >= 11 is 0. The van der Waals surface area contributed by atoms with E-state index < -0.39 is 0 Å². The van der Waals surface area contributed by atoms with Gasteiger partial charge in [-0.05, 0) is 55.0 Å². The lowest BCUT2D eigenvalue weighted by Crippen LogP contribution is -2.30. The Morgan fingerprint density at radius 2 is 2.04 bits per heavy atom. The number of amides is 1. The maximum atomic E-state index is 13.3. The van der Waals surface area contributed by atoms with Gasteiger partial charge in [-0.1, -0.05) is 52.2 Å². The highest BCUT2D eigenvalue weighted by Gasteiger charge is 2.12. The van der Waals surface area contributed by atoms with Crippen molar-refractivity contribution in [2.24, 2.45) is 5.92 Å². The van der Waals surface area contributed by atoms with Crippen LogP contribution in [0.5, 0.6) is 0 Å². The minimum absolute atomic E-state index is 0.0700. The van der Waals surface area contributed by atoms with Crippen molar-refractivity contribution in [1.82, 2.24) is 5.32 Å². The second kappa shape index (κ2) is 11.0. The highest BCUT2D eigenvalue weighted by atomic mass is 19.1. The molecule has 1 amide bonds. The monoisotopic (exact) mass is 333 g/mol. The standard InChI is InChI=1S/C21H32FNO/c1-5-7-9-16(3)21(24)23-14-13-18(10-8-6-2)20-12-11-19(22)15-17(20)4/h10-12,15-16H,5-9,13-14H2,1-4H3,(H,23,24)/b18-10-. The van der Waals surface area contributed by atoms with Crippen LogP contribution in [0.1, 0.15) is 70.4 Å². The molecule has 0 aliphatic carbocycles. The summed E-state index contributed by atoms with van der Waals surface area (Å²) in [4.78, 5) is 12.1. The maximum absolute atomic E-state index is 13.3. The first kappa shape index (κ1) is 20.4. The summed E-state index contributed by atoms with van der Waals surface area (Å²) < 4.78 is 13.3. The van der Waals surface area contributed by atoms with E-state index in [0.29, 0.717) is 6.54 Å². The van der Waals surface area contributed by atoms with Gasteiger partial charge in [0.25, 0.3) is 0 Å². The molecule has 134 valence electrons. The number of allylic oxidation sites excluding steroid dienone is 1. The molecule has 1 aromatic rings. The Morgan fingerprint density at radius 1 is 1.29 bits per heavy atom. The topological polar surface area (TPSA) is 29.1 Å². The number of unbranched alkanes of at least 4 members (excludes halogenated alkanes) is 2. The van der Waals surface area contributed by atoms with Crippen molar-refractivity contribution >= 4 is 11.5 Å². The molecule has 0 heterocycles. The van der Waals surface area contributed by atoms with Gasteiger partial charge in [0.15, 0.2) is 0 Å². The molecule has 3 heteroatoms. The highest BCUT2D eigenvalue weighted by Crippen LogP contribution is 2.23. The van der Waals surface area contributed by atoms with E-state index in [1.165, 1.54) is 11.6 Å². The van der Waals surface area contributed by atoms with E-state index in [9.17, 15) is 9.18 Å². The molecular weight excluding hydrogens is 301 g/mol. The van der Waals surface area contributed by atoms with Gasteiger partial charge in [0, 0.05) is 12.5 Å². The zero-order valence-electron chi connectivity index (χ0n) is 15.6. The number of nitrogens with one attached hydrogen (secondary N) is 1. The van der Waals surface area contributed by atoms with Crippen LogP contribution in [0, 0.1) is 18.7 Å². The Kier molecular flexibility index (Phi) is 9.36. The van der Waals surface area contributed by atoms with Gasteiger partial charge in [0.2, 0.25) is 5.91 Å². The largest absolute Gasteiger partial charge is 0.356 e. The summed E-state index contributed by atoms with van der Waals surface area (Å²) in [7, 11) is 0. The first-order valence-corrected chi connectivity index (χ1v) is 9.22. The first-order valence-electron chi connectivity index (χ1n) is 9.22. The molecule has 0 saturated heterocycles. The fourth-order valence-electron chi connectivity index (χ4n) is 2.79. The molecule has 1 unspecified atom stereocenters. The van der Waals surface area contributed by atoms with Crippen molar-refractivity contribution in [1.29, 1.82) is 0 Å². The zero-order valence-corrected chi connectivity index (χ0v) is 15.6. The van der Waals surface area contributed by atoms with Gasteiger partial charge in [0.1, 0.15) is 5.82 Å². The number of carbonyl (C=O) groups is 1. The summed E-state index contributed by atoms with van der Waals surface area (Å²) in [5, 5.41) is 3.04. The first-order chi connectivity index (χ1) is 11.5. The normalized spacial score (nSPS) is 13.0. The molecule has 2 nitrogen and oxygen atoms in total. The van der Waals surface area contributed by atoms with Gasteiger partial charge in [-0.2, -0.15) is 0 Å². The van der Waals surface area contributed by atoms with Gasteiger partial charge >= 0.3 is 0 Å². The van der Waals surface area contributed by atoms with Crippen molar-refractivity contribution < 1.29 is 9.18 Å². The molecule has 0 spiro atoms. The summed E-state index contributed by atoms with van der Waals surface area (Å²) in [6.07, 6.45) is 8.21. The van der Waals surface area contributed by atoms with Gasteiger partial charge in [-0.15, -0.1) is 0 Å². The Morgan fingerprint density at radius 3 is 2.67 bits per heavy atom. The smallest absolute Gasteiger partial charge is 0.222 e. The van der Waals surface area contributed by atoms with Crippen LogP contribution < -0.4 is 5.32 Å². The van der Waals surface area contributed by atoms with Crippen molar-refractivity contribution in [3.8, 4) is 0 Å². The Bertz CT molecular complexity index is 551. The van der Waals surface area contributed by atoms with Crippen LogP contribution >= 0.6 is 0 Å². The zero-order chi connectivity index (χ0) is 17.9. The van der Waals surface area contributed by atoms with E-state index in [4.69, 9.17) is 0 Å². The summed E-state index contributed by atoms with van der Waals surface area (Å²) in [6, 6.07) is 4.92. The summed E-state index contributed by atoms with van der Waals surface area (Å²) in [6.45, 7) is 8.83. The van der Waals surface area contributed by atoms with E-state index in [0.717, 1.165) is 49.7 Å². The van der Waals surface area contributed by atoms with E-state index in [-0.39, 0.29) is 17.6 Å². The molecule has 1 rings (SSSR count). The lowest BCUT2D eigenvalue weighted by Gasteiger charge is -2.14. The number of hydrogen-bond donors (Lipinski definition) is 1. The molecule has 0 bridgehead atoms. The van der Waals surface area contributed by atoms with Crippen LogP contribution in [0.4, 0.5) is 4.39 Å². The summed E-state index contributed by atoms with van der Waals surface area (Å²) in [5.41, 5.74) is 3.22. The lowest BCUT2D eigenvalue weighted by molar-refractivity contribution is -0.124. The fourth-order valence-corrected chi connectivity index (χ4v) is 2.79. The van der Waals surface area contributed by atoms with Crippen molar-refractivity contribution in [3.05, 3.63) is 41.2 Å². The minimum Gasteiger partial charge on any atom is -0.356 e. The predicted octanol–water partition coefficient (Wildman–Crippen LogP) is 5.65. The average molecular weight is 333 g/mol. The van der Waals surface area contributed by atoms with E-state index >= 15 is 0 Å². The highest BCUT2D eigenvalue weighted by molar-refractivity contribution is 5.78. The third-order valence-corrected chi connectivity index (χ3v) is 4.35. The number of benzene rings is 1. The molecule has 0 fully saturated rings. The number of aryl methyl sites for hydroxylation is 1. The van der Waals surface area contributed by atoms with Crippen LogP contribution in [-0.2, 0) is 4.79 Å². The molecular formula is C21H32FNO. The van der Waals surface area contributed by atoms with Crippen LogP contribution in [0.3, 0.4) is 0 Å². The molecule has 0 aromatic heterocycles. The van der Waals surface area contributed by atoms with Crippen molar-refractivity contribution in [2.45, 2.75) is 66.2 Å².